The van der Waals surface area contributed by atoms with Crippen LogP contribution in [0.4, 0.5) is 0 Å². The van der Waals surface area contributed by atoms with Crippen LogP contribution in [0.5, 0.6) is 11.5 Å². The molecular weight excluding hydrogens is 392 g/mol. The topological polar surface area (TPSA) is 90.2 Å². The van der Waals surface area contributed by atoms with E-state index in [2.05, 4.69) is 29.4 Å². The summed E-state index contributed by atoms with van der Waals surface area (Å²) in [5.74, 6) is -2.43. The summed E-state index contributed by atoms with van der Waals surface area (Å²) >= 11 is 0. The number of amides is 2. The Morgan fingerprint density at radius 2 is 1.19 bits per heavy atom. The highest BCUT2D eigenvalue weighted by Gasteiger charge is 2.61. The molecule has 2 bridgehead atoms. The predicted octanol–water partition coefficient (Wildman–Crippen LogP) is 3.32. The number of phenolic OH excluding ortho intramolecular Hbond substituents is 2. The summed E-state index contributed by atoms with van der Waals surface area (Å²) < 4.78 is 0. The first-order chi connectivity index (χ1) is 15.1. The molecule has 0 aromatic heterocycles. The molecule has 6 heteroatoms. The van der Waals surface area contributed by atoms with Gasteiger partial charge in [0.25, 0.3) is 11.8 Å². The molecule has 1 saturated heterocycles. The third-order valence-corrected chi connectivity index (χ3v) is 6.75. The van der Waals surface area contributed by atoms with Crippen LogP contribution < -0.4 is 0 Å². The van der Waals surface area contributed by atoms with Crippen molar-refractivity contribution in [2.24, 2.45) is 16.9 Å². The van der Waals surface area contributed by atoms with Gasteiger partial charge >= 0.3 is 0 Å². The van der Waals surface area contributed by atoms with Crippen molar-refractivity contribution in [2.45, 2.75) is 11.8 Å². The van der Waals surface area contributed by atoms with Crippen LogP contribution in [0.1, 0.15) is 39.7 Å². The Morgan fingerprint density at radius 1 is 0.710 bits per heavy atom. The molecule has 6 nitrogen and oxygen atoms in total. The van der Waals surface area contributed by atoms with Crippen LogP contribution in [0.25, 0.3) is 0 Å². The Balaban J connectivity index is 1.44. The number of rotatable bonds is 2. The number of hydrazone groups is 1. The van der Waals surface area contributed by atoms with Crippen molar-refractivity contribution in [1.29, 1.82) is 0 Å². The van der Waals surface area contributed by atoms with Crippen LogP contribution in [-0.4, -0.2) is 33.3 Å². The number of imide groups is 1. The molecule has 0 saturated carbocycles. The molecule has 3 aromatic rings. The highest BCUT2D eigenvalue weighted by molar-refractivity contribution is 6.08. The van der Waals surface area contributed by atoms with Crippen molar-refractivity contribution >= 4 is 18.0 Å². The van der Waals surface area contributed by atoms with Gasteiger partial charge in [0, 0.05) is 11.8 Å². The van der Waals surface area contributed by atoms with Gasteiger partial charge in [0.2, 0.25) is 0 Å². The van der Waals surface area contributed by atoms with Gasteiger partial charge in [0.1, 0.15) is 0 Å². The fraction of sp³-hybridized carbons (Fsp3) is 0.160. The number of nitrogens with zero attached hydrogens (tertiary/aromatic N) is 2. The lowest BCUT2D eigenvalue weighted by Gasteiger charge is -2.45. The van der Waals surface area contributed by atoms with E-state index in [9.17, 15) is 19.8 Å². The minimum Gasteiger partial charge on any atom is -0.504 e. The molecule has 2 atom stereocenters. The minimum absolute atomic E-state index is 0.170. The van der Waals surface area contributed by atoms with E-state index >= 15 is 0 Å². The number of benzene rings is 3. The SMILES string of the molecule is O=C1[C@H]2C3c4ccccc4C(c4ccccc43)[C@@H]2C(=O)N1/N=C\c1ccc(O)c(O)c1. The number of carbonyl (C=O) groups is 2. The summed E-state index contributed by atoms with van der Waals surface area (Å²) in [4.78, 5) is 26.8. The first-order valence-electron chi connectivity index (χ1n) is 10.2. The van der Waals surface area contributed by atoms with Crippen molar-refractivity contribution in [1.82, 2.24) is 5.01 Å². The Hall–Kier alpha value is -3.93. The highest BCUT2D eigenvalue weighted by atomic mass is 16.3. The standard InChI is InChI=1S/C25H18N2O4/c28-18-10-9-13(11-19(18)29)12-26-27-24(30)22-20-14-5-1-2-6-15(14)21(23(22)25(27)31)17-8-4-3-7-16(17)20/h1-12,20-23,28-29H/b26-12-/t20?,21?,22-,23-/m0/s1. The molecule has 4 aliphatic rings. The number of aromatic hydroxyl groups is 2. The fourth-order valence-corrected chi connectivity index (χ4v) is 5.52. The number of phenols is 2. The van der Waals surface area contributed by atoms with Gasteiger partial charge in [-0.1, -0.05) is 48.5 Å². The van der Waals surface area contributed by atoms with Crippen molar-refractivity contribution in [3.8, 4) is 11.5 Å². The van der Waals surface area contributed by atoms with E-state index in [1.165, 1.54) is 18.3 Å². The molecule has 0 unspecified atom stereocenters. The lowest BCUT2D eigenvalue weighted by Crippen LogP contribution is -2.41. The lowest BCUT2D eigenvalue weighted by atomic mass is 9.55. The molecule has 2 N–H and O–H groups in total. The summed E-state index contributed by atoms with van der Waals surface area (Å²) in [5, 5.41) is 24.3. The largest absolute Gasteiger partial charge is 0.504 e. The maximum atomic E-state index is 13.4. The molecule has 7 rings (SSSR count). The molecule has 31 heavy (non-hydrogen) atoms. The van der Waals surface area contributed by atoms with Crippen LogP contribution >= 0.6 is 0 Å². The van der Waals surface area contributed by atoms with E-state index in [1.807, 2.05) is 24.3 Å². The molecule has 0 radical (unpaired) electrons. The fourth-order valence-electron chi connectivity index (χ4n) is 5.52. The second-order valence-corrected chi connectivity index (χ2v) is 8.25. The van der Waals surface area contributed by atoms with Crippen molar-refractivity contribution in [3.63, 3.8) is 0 Å². The second-order valence-electron chi connectivity index (χ2n) is 8.25. The third kappa shape index (κ3) is 2.36. The van der Waals surface area contributed by atoms with E-state index < -0.39 is 11.8 Å². The Morgan fingerprint density at radius 3 is 1.65 bits per heavy atom. The molecule has 3 aromatic carbocycles. The zero-order chi connectivity index (χ0) is 21.3. The smallest absolute Gasteiger partial charge is 0.254 e. The van der Waals surface area contributed by atoms with Crippen molar-refractivity contribution < 1.29 is 19.8 Å². The zero-order valence-electron chi connectivity index (χ0n) is 16.3. The monoisotopic (exact) mass is 410 g/mol. The van der Waals surface area contributed by atoms with Crippen LogP contribution in [0, 0.1) is 11.8 Å². The molecule has 1 fully saturated rings. The lowest BCUT2D eigenvalue weighted by molar-refractivity contribution is -0.139. The number of hydrogen-bond donors (Lipinski definition) is 2. The number of hydrogen-bond acceptors (Lipinski definition) is 5. The molecule has 1 aliphatic heterocycles. The number of carbonyl (C=O) groups excluding carboxylic acids is 2. The molecule has 152 valence electrons. The molecule has 2 amide bonds. The van der Waals surface area contributed by atoms with Gasteiger partial charge < -0.3 is 10.2 Å². The van der Waals surface area contributed by atoms with Gasteiger partial charge in [-0.3, -0.25) is 9.59 Å². The van der Waals surface area contributed by atoms with E-state index in [4.69, 9.17) is 0 Å². The maximum absolute atomic E-state index is 13.4. The van der Waals surface area contributed by atoms with Gasteiger partial charge in [0.15, 0.2) is 11.5 Å². The zero-order valence-corrected chi connectivity index (χ0v) is 16.3. The molecule has 0 spiro atoms. The van der Waals surface area contributed by atoms with Crippen LogP contribution in [-0.2, 0) is 9.59 Å². The quantitative estimate of drug-likeness (QED) is 0.385. The van der Waals surface area contributed by atoms with Gasteiger partial charge in [-0.15, -0.1) is 0 Å². The summed E-state index contributed by atoms with van der Waals surface area (Å²) in [5.41, 5.74) is 4.93. The van der Waals surface area contributed by atoms with E-state index in [0.29, 0.717) is 5.56 Å². The van der Waals surface area contributed by atoms with Gasteiger partial charge in [-0.05, 0) is 46.0 Å². The summed E-state index contributed by atoms with van der Waals surface area (Å²) in [6, 6.07) is 20.3. The minimum atomic E-state index is -0.479. The first-order valence-corrected chi connectivity index (χ1v) is 10.2. The van der Waals surface area contributed by atoms with E-state index in [1.54, 1.807) is 6.07 Å². The molecular formula is C25H18N2O4. The Labute approximate surface area is 178 Å². The van der Waals surface area contributed by atoms with Gasteiger partial charge in [-0.2, -0.15) is 10.1 Å². The molecule has 1 heterocycles. The predicted molar refractivity (Wildman–Crippen MR) is 113 cm³/mol. The Bertz CT molecular complexity index is 1180. The highest BCUT2D eigenvalue weighted by Crippen LogP contribution is 2.60. The van der Waals surface area contributed by atoms with Crippen molar-refractivity contribution in [2.75, 3.05) is 0 Å². The third-order valence-electron chi connectivity index (χ3n) is 6.75. The Kier molecular flexibility index (Phi) is 3.63. The van der Waals surface area contributed by atoms with Crippen LogP contribution in [0.3, 0.4) is 0 Å². The summed E-state index contributed by atoms with van der Waals surface area (Å²) in [6.07, 6.45) is 1.36. The van der Waals surface area contributed by atoms with Gasteiger partial charge in [0.05, 0.1) is 18.1 Å². The van der Waals surface area contributed by atoms with E-state index in [0.717, 1.165) is 27.3 Å². The van der Waals surface area contributed by atoms with Crippen LogP contribution in [0.15, 0.2) is 71.8 Å². The average Bonchev–Trinajstić information content (AvgIpc) is 3.05. The second kappa shape index (κ2) is 6.28. The summed E-state index contributed by atoms with van der Waals surface area (Å²) in [7, 11) is 0. The first kappa shape index (κ1) is 17.9. The van der Waals surface area contributed by atoms with Gasteiger partial charge in [-0.25, -0.2) is 0 Å². The summed E-state index contributed by atoms with van der Waals surface area (Å²) in [6.45, 7) is 0. The van der Waals surface area contributed by atoms with Crippen molar-refractivity contribution in [3.05, 3.63) is 94.5 Å². The van der Waals surface area contributed by atoms with Crippen LogP contribution in [0.2, 0.25) is 0 Å². The molecule has 3 aliphatic carbocycles. The van der Waals surface area contributed by atoms with E-state index in [-0.39, 0.29) is 35.1 Å². The normalized spacial score (nSPS) is 25.6. The maximum Gasteiger partial charge on any atom is 0.254 e. The average molecular weight is 410 g/mol.